The number of carboxylic acids is 2. The zero-order valence-electron chi connectivity index (χ0n) is 29.6. The number of alkyl halides is 6. The first-order chi connectivity index (χ1) is 24.2. The van der Waals surface area contributed by atoms with E-state index in [0.717, 1.165) is 0 Å². The van der Waals surface area contributed by atoms with Crippen LogP contribution in [-0.2, 0) is 26.7 Å². The summed E-state index contributed by atoms with van der Waals surface area (Å²) in [6.07, 6.45) is -9.93. The van der Waals surface area contributed by atoms with Crippen molar-refractivity contribution in [3.8, 4) is 22.9 Å². The molecule has 0 spiro atoms. The van der Waals surface area contributed by atoms with E-state index in [2.05, 4.69) is 10.2 Å². The minimum absolute atomic E-state index is 0.0201. The third-order valence-corrected chi connectivity index (χ3v) is 6.52. The lowest BCUT2D eigenvalue weighted by Gasteiger charge is -2.09. The van der Waals surface area contributed by atoms with E-state index in [9.17, 15) is 45.5 Å². The smallest absolute Gasteiger partial charge is 0.435 e. The van der Waals surface area contributed by atoms with Gasteiger partial charge in [0.15, 0.2) is 22.8 Å². The molecular weight excluding hydrogens is 722 g/mol. The summed E-state index contributed by atoms with van der Waals surface area (Å²) in [5.74, 6) is -4.01. The van der Waals surface area contributed by atoms with Gasteiger partial charge in [0, 0.05) is 12.1 Å². The molecule has 19 heteroatoms. The van der Waals surface area contributed by atoms with Crippen molar-refractivity contribution in [1.29, 1.82) is 0 Å². The molecule has 0 saturated heterocycles. The fraction of sp³-hybridized carbons (Fsp3) is 0.353. The first kappa shape index (κ1) is 43.3. The van der Waals surface area contributed by atoms with Gasteiger partial charge < -0.3 is 24.4 Å². The maximum absolute atomic E-state index is 13.4. The van der Waals surface area contributed by atoms with E-state index in [4.69, 9.17) is 24.4 Å². The average molecular weight is 759 g/mol. The Hall–Kier alpha value is -5.88. The summed E-state index contributed by atoms with van der Waals surface area (Å²) in [4.78, 5) is 45.8. The third-order valence-electron chi connectivity index (χ3n) is 6.52. The van der Waals surface area contributed by atoms with Crippen LogP contribution in [0.1, 0.15) is 73.9 Å². The number of carbonyl (C=O) groups is 4. The highest BCUT2D eigenvalue weighted by Crippen LogP contribution is 2.32. The van der Waals surface area contributed by atoms with Crippen LogP contribution in [0, 0.1) is 10.8 Å². The zero-order valence-corrected chi connectivity index (χ0v) is 29.6. The van der Waals surface area contributed by atoms with Gasteiger partial charge in [0.1, 0.15) is 11.5 Å². The number of carboxylic acid groups (broad SMARTS) is 2. The van der Waals surface area contributed by atoms with E-state index >= 15 is 0 Å². The lowest BCUT2D eigenvalue weighted by Crippen LogP contribution is -2.19. The largest absolute Gasteiger partial charge is 0.497 e. The van der Waals surface area contributed by atoms with Gasteiger partial charge in [-0.05, 0) is 90.1 Å². The fourth-order valence-electron chi connectivity index (χ4n) is 3.36. The van der Waals surface area contributed by atoms with Gasteiger partial charge in [0.2, 0.25) is 0 Å². The predicted molar refractivity (Wildman–Crippen MR) is 174 cm³/mol. The SMILES string of the molecule is CC(C)(C)C(=O)O.CC(C)(C)C(=O)O.COc1ccc(-n2nc(C(F)(F)F)cc2C(=O)OC(=O)c2cc(C(F)(F)F)nn2-c2ccc(OC)cc2)cc1. The summed E-state index contributed by atoms with van der Waals surface area (Å²) in [6, 6.07) is 11.4. The Labute approximate surface area is 298 Å². The van der Waals surface area contributed by atoms with Gasteiger partial charge in [-0.25, -0.2) is 19.0 Å². The molecule has 2 aromatic carbocycles. The lowest BCUT2D eigenvalue weighted by molar-refractivity contribution is -0.146. The minimum Gasteiger partial charge on any atom is -0.497 e. The van der Waals surface area contributed by atoms with E-state index < -0.39 is 69.8 Å². The van der Waals surface area contributed by atoms with E-state index in [0.29, 0.717) is 33.0 Å². The highest BCUT2D eigenvalue weighted by atomic mass is 19.4. The number of aromatic nitrogens is 4. The number of carbonyl (C=O) groups excluding carboxylic acids is 2. The maximum Gasteiger partial charge on any atom is 0.435 e. The summed E-state index contributed by atoms with van der Waals surface area (Å²) in [7, 11) is 2.72. The van der Waals surface area contributed by atoms with Crippen molar-refractivity contribution in [1.82, 2.24) is 19.6 Å². The molecule has 0 aliphatic carbocycles. The summed E-state index contributed by atoms with van der Waals surface area (Å²) in [5.41, 5.74) is -5.78. The molecule has 0 atom stereocenters. The normalized spacial score (nSPS) is 11.7. The van der Waals surface area contributed by atoms with E-state index in [1.54, 1.807) is 41.5 Å². The molecule has 0 unspecified atom stereocenters. The standard InChI is InChI=1S/C24H16F6N4O5.2C5H10O2/c1-37-15-7-3-13(4-8-15)33-17(11-19(31-33)23(25,26)27)21(35)39-22(36)18-12-20(24(28,29)30)32-34(18)14-5-9-16(38-2)10-6-14;2*1-5(2,3)4(6)7/h3-12H,1-2H3;2*1-3H3,(H,6,7). The second-order valence-corrected chi connectivity index (χ2v) is 12.8. The molecule has 53 heavy (non-hydrogen) atoms. The fourth-order valence-corrected chi connectivity index (χ4v) is 3.36. The van der Waals surface area contributed by atoms with Crippen molar-refractivity contribution >= 4 is 23.9 Å². The molecule has 0 fully saturated rings. The van der Waals surface area contributed by atoms with Gasteiger partial charge in [-0.15, -0.1) is 0 Å². The molecule has 13 nitrogen and oxygen atoms in total. The molecule has 288 valence electrons. The lowest BCUT2D eigenvalue weighted by atomic mass is 9.98. The minimum atomic E-state index is -4.97. The number of benzene rings is 2. The quantitative estimate of drug-likeness (QED) is 0.114. The Kier molecular flexibility index (Phi) is 13.6. The number of nitrogens with zero attached hydrogens (tertiary/aromatic N) is 4. The van der Waals surface area contributed by atoms with E-state index in [1.807, 2.05) is 0 Å². The summed E-state index contributed by atoms with van der Waals surface area (Å²) in [5, 5.41) is 23.3. The molecule has 2 N–H and O–H groups in total. The summed E-state index contributed by atoms with van der Waals surface area (Å²) >= 11 is 0. The zero-order chi connectivity index (χ0) is 40.7. The van der Waals surface area contributed by atoms with Crippen molar-refractivity contribution in [3.63, 3.8) is 0 Å². The predicted octanol–water partition coefficient (Wildman–Crippen LogP) is 7.34. The topological polar surface area (TPSA) is 172 Å². The van der Waals surface area contributed by atoms with Gasteiger partial charge in [-0.3, -0.25) is 9.59 Å². The number of rotatable bonds is 6. The second kappa shape index (κ2) is 16.6. The number of aliphatic carboxylic acids is 2. The van der Waals surface area contributed by atoms with Crippen molar-refractivity contribution in [2.24, 2.45) is 10.8 Å². The Balaban J connectivity index is 0.000000587. The van der Waals surface area contributed by atoms with Crippen molar-refractivity contribution in [2.45, 2.75) is 53.9 Å². The van der Waals surface area contributed by atoms with Gasteiger partial charge in [-0.2, -0.15) is 36.5 Å². The van der Waals surface area contributed by atoms with Gasteiger partial charge in [-0.1, -0.05) is 0 Å². The Morgan fingerprint density at radius 1 is 0.566 bits per heavy atom. The third kappa shape index (κ3) is 12.1. The number of halogens is 6. The molecule has 4 rings (SSSR count). The molecule has 0 amide bonds. The Bertz CT molecular complexity index is 1760. The number of hydrogen-bond acceptors (Lipinski definition) is 9. The monoisotopic (exact) mass is 758 g/mol. The van der Waals surface area contributed by atoms with Crippen LogP contribution in [0.2, 0.25) is 0 Å². The van der Waals surface area contributed by atoms with Crippen LogP contribution in [-0.4, -0.2) is 67.9 Å². The summed E-state index contributed by atoms with van der Waals surface area (Å²) < 4.78 is 96.1. The maximum atomic E-state index is 13.4. The number of methoxy groups -OCH3 is 2. The number of hydrogen-bond donors (Lipinski definition) is 2. The van der Waals surface area contributed by atoms with Crippen LogP contribution in [0.15, 0.2) is 60.7 Å². The van der Waals surface area contributed by atoms with Crippen LogP contribution >= 0.6 is 0 Å². The summed E-state index contributed by atoms with van der Waals surface area (Å²) in [6.45, 7) is 9.97. The molecule has 0 aliphatic rings. The van der Waals surface area contributed by atoms with Crippen molar-refractivity contribution in [2.75, 3.05) is 14.2 Å². The van der Waals surface area contributed by atoms with E-state index in [1.165, 1.54) is 62.8 Å². The number of esters is 2. The van der Waals surface area contributed by atoms with Crippen LogP contribution in [0.5, 0.6) is 11.5 Å². The molecule has 2 heterocycles. The first-order valence-corrected chi connectivity index (χ1v) is 15.1. The average Bonchev–Trinajstić information content (AvgIpc) is 3.71. The van der Waals surface area contributed by atoms with E-state index in [-0.39, 0.29) is 11.4 Å². The molecule has 0 radical (unpaired) electrons. The molecule has 0 saturated carbocycles. The van der Waals surface area contributed by atoms with Crippen LogP contribution in [0.3, 0.4) is 0 Å². The molecule has 0 bridgehead atoms. The first-order valence-electron chi connectivity index (χ1n) is 15.1. The molecule has 4 aromatic rings. The van der Waals surface area contributed by atoms with Crippen LogP contribution in [0.25, 0.3) is 11.4 Å². The van der Waals surface area contributed by atoms with Crippen LogP contribution in [0.4, 0.5) is 26.3 Å². The van der Waals surface area contributed by atoms with Crippen LogP contribution < -0.4 is 9.47 Å². The van der Waals surface area contributed by atoms with Gasteiger partial charge >= 0.3 is 36.2 Å². The van der Waals surface area contributed by atoms with Crippen molar-refractivity contribution in [3.05, 3.63) is 83.4 Å². The second-order valence-electron chi connectivity index (χ2n) is 12.8. The molecular formula is C34H36F6N4O9. The van der Waals surface area contributed by atoms with Gasteiger partial charge in [0.25, 0.3) is 0 Å². The Morgan fingerprint density at radius 2 is 0.830 bits per heavy atom. The highest BCUT2D eigenvalue weighted by Gasteiger charge is 2.39. The van der Waals surface area contributed by atoms with Gasteiger partial charge in [0.05, 0.1) is 36.4 Å². The highest BCUT2D eigenvalue weighted by molar-refractivity contribution is 6.01. The van der Waals surface area contributed by atoms with Crippen molar-refractivity contribution < 1.29 is 69.9 Å². The Morgan fingerprint density at radius 3 is 1.04 bits per heavy atom. The molecule has 0 aliphatic heterocycles. The molecule has 2 aromatic heterocycles. The number of ether oxygens (including phenoxy) is 3.